The maximum atomic E-state index is 11.6. The van der Waals surface area contributed by atoms with Crippen molar-refractivity contribution in [1.82, 2.24) is 4.90 Å². The Kier molecular flexibility index (Phi) is 3.43. The first-order valence-corrected chi connectivity index (χ1v) is 5.32. The van der Waals surface area contributed by atoms with Gasteiger partial charge in [-0.1, -0.05) is 0 Å². The van der Waals surface area contributed by atoms with Crippen LogP contribution in [0.1, 0.15) is 27.2 Å². The molecular weight excluding hydrogens is 202 g/mol. The number of nitrogens with zero attached hydrogens (tertiary/aromatic N) is 1. The molecule has 0 radical (unpaired) electrons. The molecule has 2 atom stereocenters. The number of amides is 1. The van der Waals surface area contributed by atoms with Gasteiger partial charge in [0.05, 0.1) is 18.2 Å². The highest BCUT2D eigenvalue weighted by Gasteiger charge is 2.36. The number of carbonyl (C=O) groups excluding carboxylic acids is 1. The standard InChI is InChI=1S/C10H18ClNO2/c1-7(11)9(13)12(4)8-5-10(2,3)14-6-8/h7-8H,5-6H2,1-4H3. The van der Waals surface area contributed by atoms with Crippen molar-refractivity contribution in [2.24, 2.45) is 0 Å². The lowest BCUT2D eigenvalue weighted by atomic mass is 10.0. The molecule has 2 unspecified atom stereocenters. The van der Waals surface area contributed by atoms with Gasteiger partial charge >= 0.3 is 0 Å². The summed E-state index contributed by atoms with van der Waals surface area (Å²) in [5.41, 5.74) is -0.116. The zero-order valence-corrected chi connectivity index (χ0v) is 9.97. The zero-order valence-electron chi connectivity index (χ0n) is 9.21. The smallest absolute Gasteiger partial charge is 0.240 e. The largest absolute Gasteiger partial charge is 0.373 e. The average Bonchev–Trinajstić information content (AvgIpc) is 2.43. The van der Waals surface area contributed by atoms with Crippen molar-refractivity contribution in [3.8, 4) is 0 Å². The second kappa shape index (κ2) is 4.07. The molecule has 0 aromatic carbocycles. The molecule has 0 aromatic rings. The molecule has 1 aliphatic heterocycles. The summed E-state index contributed by atoms with van der Waals surface area (Å²) in [5, 5.41) is -0.455. The number of ether oxygens (including phenoxy) is 1. The fraction of sp³-hybridized carbons (Fsp3) is 0.900. The van der Waals surface area contributed by atoms with Gasteiger partial charge < -0.3 is 9.64 Å². The first-order chi connectivity index (χ1) is 6.33. The van der Waals surface area contributed by atoms with Gasteiger partial charge in [-0.3, -0.25) is 4.79 Å². The highest BCUT2D eigenvalue weighted by molar-refractivity contribution is 6.30. The predicted octanol–water partition coefficient (Wildman–Crippen LogP) is 1.64. The Balaban J connectivity index is 2.55. The molecule has 82 valence electrons. The lowest BCUT2D eigenvalue weighted by molar-refractivity contribution is -0.131. The molecule has 3 nitrogen and oxygen atoms in total. The Labute approximate surface area is 90.4 Å². The quantitative estimate of drug-likeness (QED) is 0.661. The number of likely N-dealkylation sites (N-methyl/N-ethyl adjacent to an activating group) is 1. The van der Waals surface area contributed by atoms with Gasteiger partial charge in [-0.05, 0) is 27.2 Å². The van der Waals surface area contributed by atoms with Crippen LogP contribution in [0.5, 0.6) is 0 Å². The molecule has 1 rings (SSSR count). The summed E-state index contributed by atoms with van der Waals surface area (Å²) >= 11 is 5.74. The maximum absolute atomic E-state index is 11.6. The molecule has 14 heavy (non-hydrogen) atoms. The summed E-state index contributed by atoms with van der Waals surface area (Å²) in [5.74, 6) is -0.0297. The van der Waals surface area contributed by atoms with Gasteiger partial charge in [-0.2, -0.15) is 0 Å². The van der Waals surface area contributed by atoms with E-state index in [0.717, 1.165) is 6.42 Å². The number of hydrogen-bond acceptors (Lipinski definition) is 2. The Morgan fingerprint density at radius 2 is 2.21 bits per heavy atom. The van der Waals surface area contributed by atoms with Crippen molar-refractivity contribution < 1.29 is 9.53 Å². The summed E-state index contributed by atoms with van der Waals surface area (Å²) in [4.78, 5) is 13.3. The van der Waals surface area contributed by atoms with Gasteiger partial charge in [0.1, 0.15) is 5.38 Å². The molecule has 1 aliphatic rings. The van der Waals surface area contributed by atoms with Gasteiger partial charge in [0, 0.05) is 7.05 Å². The Morgan fingerprint density at radius 1 is 1.64 bits per heavy atom. The molecule has 0 saturated carbocycles. The SMILES string of the molecule is CC(Cl)C(=O)N(C)C1COC(C)(C)C1. The highest BCUT2D eigenvalue weighted by atomic mass is 35.5. The summed E-state index contributed by atoms with van der Waals surface area (Å²) < 4.78 is 5.57. The molecule has 1 saturated heterocycles. The van der Waals surface area contributed by atoms with Crippen LogP contribution in [0.2, 0.25) is 0 Å². The third-order valence-corrected chi connectivity index (χ3v) is 2.82. The van der Waals surface area contributed by atoms with Crippen LogP contribution in [-0.2, 0) is 9.53 Å². The third-order valence-electron chi connectivity index (χ3n) is 2.63. The van der Waals surface area contributed by atoms with Crippen molar-refractivity contribution >= 4 is 17.5 Å². The van der Waals surface area contributed by atoms with E-state index in [2.05, 4.69) is 0 Å². The Hall–Kier alpha value is -0.280. The minimum absolute atomic E-state index is 0.0297. The van der Waals surface area contributed by atoms with E-state index in [0.29, 0.717) is 6.61 Å². The van der Waals surface area contributed by atoms with Crippen LogP contribution in [0.4, 0.5) is 0 Å². The van der Waals surface area contributed by atoms with Crippen LogP contribution in [0.15, 0.2) is 0 Å². The molecule has 1 amide bonds. The van der Waals surface area contributed by atoms with Gasteiger partial charge in [-0.25, -0.2) is 0 Å². The molecule has 0 N–H and O–H groups in total. The maximum Gasteiger partial charge on any atom is 0.240 e. The highest BCUT2D eigenvalue weighted by Crippen LogP contribution is 2.27. The summed E-state index contributed by atoms with van der Waals surface area (Å²) in [6, 6.07) is 0.165. The molecule has 0 aromatic heterocycles. The number of hydrogen-bond donors (Lipinski definition) is 0. The first-order valence-electron chi connectivity index (χ1n) is 4.88. The van der Waals surface area contributed by atoms with E-state index in [9.17, 15) is 4.79 Å². The molecule has 0 aliphatic carbocycles. The van der Waals surface area contributed by atoms with E-state index < -0.39 is 5.38 Å². The van der Waals surface area contributed by atoms with Crippen molar-refractivity contribution in [2.75, 3.05) is 13.7 Å². The summed E-state index contributed by atoms with van der Waals surface area (Å²) in [6.45, 7) is 6.38. The van der Waals surface area contributed by atoms with Crippen LogP contribution < -0.4 is 0 Å². The molecule has 1 heterocycles. The van der Waals surface area contributed by atoms with E-state index in [-0.39, 0.29) is 17.6 Å². The van der Waals surface area contributed by atoms with Crippen LogP contribution in [0, 0.1) is 0 Å². The zero-order chi connectivity index (χ0) is 10.9. The molecule has 4 heteroatoms. The Bertz CT molecular complexity index is 228. The fourth-order valence-electron chi connectivity index (χ4n) is 1.72. The van der Waals surface area contributed by atoms with Crippen LogP contribution in [-0.4, -0.2) is 41.5 Å². The molecule has 0 spiro atoms. The van der Waals surface area contributed by atoms with E-state index >= 15 is 0 Å². The number of carbonyl (C=O) groups is 1. The minimum Gasteiger partial charge on any atom is -0.373 e. The van der Waals surface area contributed by atoms with Gasteiger partial charge in [-0.15, -0.1) is 11.6 Å². The van der Waals surface area contributed by atoms with Crippen molar-refractivity contribution in [2.45, 2.75) is 44.2 Å². The van der Waals surface area contributed by atoms with Crippen molar-refractivity contribution in [1.29, 1.82) is 0 Å². The Morgan fingerprint density at radius 3 is 2.57 bits per heavy atom. The van der Waals surface area contributed by atoms with Crippen LogP contribution in [0.25, 0.3) is 0 Å². The first kappa shape index (κ1) is 11.8. The minimum atomic E-state index is -0.455. The van der Waals surface area contributed by atoms with E-state index in [1.54, 1.807) is 18.9 Å². The fourth-order valence-corrected chi connectivity index (χ4v) is 1.87. The second-order valence-corrected chi connectivity index (χ2v) is 5.15. The summed E-state index contributed by atoms with van der Waals surface area (Å²) in [7, 11) is 1.79. The normalized spacial score (nSPS) is 27.4. The predicted molar refractivity (Wildman–Crippen MR) is 56.5 cm³/mol. The van der Waals surface area contributed by atoms with E-state index in [4.69, 9.17) is 16.3 Å². The van der Waals surface area contributed by atoms with E-state index in [1.807, 2.05) is 13.8 Å². The van der Waals surface area contributed by atoms with Gasteiger partial charge in [0.25, 0.3) is 0 Å². The lowest BCUT2D eigenvalue weighted by Crippen LogP contribution is -2.41. The third kappa shape index (κ3) is 2.61. The average molecular weight is 220 g/mol. The van der Waals surface area contributed by atoms with Crippen molar-refractivity contribution in [3.63, 3.8) is 0 Å². The summed E-state index contributed by atoms with van der Waals surface area (Å²) in [6.07, 6.45) is 0.874. The molecule has 1 fully saturated rings. The topological polar surface area (TPSA) is 29.5 Å². The van der Waals surface area contributed by atoms with Crippen molar-refractivity contribution in [3.05, 3.63) is 0 Å². The number of rotatable bonds is 2. The van der Waals surface area contributed by atoms with Crippen LogP contribution in [0.3, 0.4) is 0 Å². The van der Waals surface area contributed by atoms with Gasteiger partial charge in [0.2, 0.25) is 5.91 Å². The van der Waals surface area contributed by atoms with E-state index in [1.165, 1.54) is 0 Å². The monoisotopic (exact) mass is 219 g/mol. The van der Waals surface area contributed by atoms with Gasteiger partial charge in [0.15, 0.2) is 0 Å². The molecular formula is C10H18ClNO2. The second-order valence-electron chi connectivity index (χ2n) is 4.49. The number of halogens is 1. The van der Waals surface area contributed by atoms with Crippen LogP contribution >= 0.6 is 11.6 Å². The molecule has 0 bridgehead atoms. The number of alkyl halides is 1. The lowest BCUT2D eigenvalue weighted by Gasteiger charge is -2.25.